The number of aryl methyl sites for hydroxylation is 1. The minimum Gasteiger partial charge on any atom is -0.353 e. The SMILES string of the molecule is Cc1ccsc1CN=C(NN)NC(C)C. The first-order valence-electron chi connectivity index (χ1n) is 4.94. The van der Waals surface area contributed by atoms with Gasteiger partial charge in [0.15, 0.2) is 0 Å². The molecule has 0 atom stereocenters. The van der Waals surface area contributed by atoms with Gasteiger partial charge in [0.25, 0.3) is 0 Å². The van der Waals surface area contributed by atoms with Crippen molar-refractivity contribution in [2.45, 2.75) is 33.4 Å². The molecule has 1 rings (SSSR count). The average Bonchev–Trinajstić information content (AvgIpc) is 2.58. The molecule has 0 saturated carbocycles. The Morgan fingerprint density at radius 3 is 2.80 bits per heavy atom. The van der Waals surface area contributed by atoms with E-state index in [9.17, 15) is 0 Å². The summed E-state index contributed by atoms with van der Waals surface area (Å²) in [5.74, 6) is 6.00. The third-order valence-corrected chi connectivity index (χ3v) is 2.92. The van der Waals surface area contributed by atoms with Crippen LogP contribution < -0.4 is 16.6 Å². The van der Waals surface area contributed by atoms with Gasteiger partial charge in [-0.1, -0.05) is 0 Å². The van der Waals surface area contributed by atoms with Gasteiger partial charge in [-0.2, -0.15) is 0 Å². The third-order valence-electron chi connectivity index (χ3n) is 1.91. The van der Waals surface area contributed by atoms with Crippen LogP contribution in [0.2, 0.25) is 0 Å². The number of nitrogens with one attached hydrogen (secondary N) is 2. The van der Waals surface area contributed by atoms with Crippen LogP contribution in [-0.4, -0.2) is 12.0 Å². The standard InChI is InChI=1S/C10H18N4S/c1-7(2)13-10(14-11)12-6-9-8(3)4-5-15-9/h4-5,7H,6,11H2,1-3H3,(H2,12,13,14). The van der Waals surface area contributed by atoms with Crippen molar-refractivity contribution in [2.75, 3.05) is 0 Å². The van der Waals surface area contributed by atoms with E-state index in [4.69, 9.17) is 5.84 Å². The molecule has 0 aliphatic heterocycles. The van der Waals surface area contributed by atoms with E-state index in [0.717, 1.165) is 0 Å². The minimum absolute atomic E-state index is 0.323. The van der Waals surface area contributed by atoms with E-state index in [1.54, 1.807) is 11.3 Å². The molecule has 1 aromatic heterocycles. The summed E-state index contributed by atoms with van der Waals surface area (Å²) in [6.07, 6.45) is 0. The van der Waals surface area contributed by atoms with Gasteiger partial charge in [-0.15, -0.1) is 11.3 Å². The molecule has 0 radical (unpaired) electrons. The van der Waals surface area contributed by atoms with Crippen molar-refractivity contribution in [1.82, 2.24) is 10.7 Å². The molecule has 0 amide bonds. The van der Waals surface area contributed by atoms with E-state index in [1.807, 2.05) is 13.8 Å². The maximum absolute atomic E-state index is 5.36. The zero-order valence-electron chi connectivity index (χ0n) is 9.37. The van der Waals surface area contributed by atoms with Crippen molar-refractivity contribution in [1.29, 1.82) is 0 Å². The van der Waals surface area contributed by atoms with Crippen LogP contribution in [-0.2, 0) is 6.54 Å². The van der Waals surface area contributed by atoms with Gasteiger partial charge in [0, 0.05) is 10.9 Å². The van der Waals surface area contributed by atoms with Crippen LogP contribution in [0.5, 0.6) is 0 Å². The molecule has 1 heterocycles. The lowest BCUT2D eigenvalue weighted by Gasteiger charge is -2.11. The van der Waals surface area contributed by atoms with Crippen molar-refractivity contribution in [2.24, 2.45) is 10.8 Å². The fourth-order valence-electron chi connectivity index (χ4n) is 1.12. The Bertz CT molecular complexity index is 330. The largest absolute Gasteiger partial charge is 0.353 e. The van der Waals surface area contributed by atoms with Crippen LogP contribution in [0.15, 0.2) is 16.4 Å². The number of rotatable bonds is 3. The maximum atomic E-state index is 5.36. The summed E-state index contributed by atoms with van der Waals surface area (Å²) in [6, 6.07) is 2.42. The van der Waals surface area contributed by atoms with Gasteiger partial charge in [-0.3, -0.25) is 5.43 Å². The van der Waals surface area contributed by atoms with Crippen LogP contribution in [0.3, 0.4) is 0 Å². The monoisotopic (exact) mass is 226 g/mol. The zero-order valence-corrected chi connectivity index (χ0v) is 10.2. The summed E-state index contributed by atoms with van der Waals surface area (Å²) in [7, 11) is 0. The Morgan fingerprint density at radius 1 is 1.60 bits per heavy atom. The number of hydrazine groups is 1. The first-order valence-corrected chi connectivity index (χ1v) is 5.82. The highest BCUT2D eigenvalue weighted by Gasteiger charge is 2.01. The van der Waals surface area contributed by atoms with Crippen molar-refractivity contribution in [3.63, 3.8) is 0 Å². The predicted octanol–water partition coefficient (Wildman–Crippen LogP) is 1.37. The number of thiophene rings is 1. The predicted molar refractivity (Wildman–Crippen MR) is 65.8 cm³/mol. The molecular formula is C10H18N4S. The topological polar surface area (TPSA) is 62.4 Å². The van der Waals surface area contributed by atoms with Crippen LogP contribution >= 0.6 is 11.3 Å². The fourth-order valence-corrected chi connectivity index (χ4v) is 1.95. The zero-order chi connectivity index (χ0) is 11.3. The fraction of sp³-hybridized carbons (Fsp3) is 0.500. The number of nitrogens with zero attached hydrogens (tertiary/aromatic N) is 1. The average molecular weight is 226 g/mol. The highest BCUT2D eigenvalue weighted by Crippen LogP contribution is 2.16. The molecule has 0 saturated heterocycles. The lowest BCUT2D eigenvalue weighted by atomic mass is 10.3. The minimum atomic E-state index is 0.323. The van der Waals surface area contributed by atoms with Crippen LogP contribution in [0.25, 0.3) is 0 Å². The van der Waals surface area contributed by atoms with E-state index < -0.39 is 0 Å². The molecule has 0 bridgehead atoms. The van der Waals surface area contributed by atoms with E-state index in [-0.39, 0.29) is 0 Å². The molecule has 4 N–H and O–H groups in total. The molecule has 15 heavy (non-hydrogen) atoms. The number of aliphatic imine (C=N–C) groups is 1. The molecule has 0 aromatic carbocycles. The van der Waals surface area contributed by atoms with Crippen molar-refractivity contribution in [3.8, 4) is 0 Å². The quantitative estimate of drug-likeness (QED) is 0.316. The molecule has 5 heteroatoms. The molecule has 0 unspecified atom stereocenters. The van der Waals surface area contributed by atoms with Gasteiger partial charge >= 0.3 is 0 Å². The summed E-state index contributed by atoms with van der Waals surface area (Å²) in [4.78, 5) is 5.64. The Morgan fingerprint density at radius 2 is 2.33 bits per heavy atom. The van der Waals surface area contributed by atoms with Gasteiger partial charge in [-0.25, -0.2) is 10.8 Å². The number of nitrogens with two attached hydrogens (primary N) is 1. The van der Waals surface area contributed by atoms with E-state index in [0.29, 0.717) is 18.5 Å². The summed E-state index contributed by atoms with van der Waals surface area (Å²) < 4.78 is 0. The normalized spacial score (nSPS) is 11.9. The molecule has 84 valence electrons. The molecule has 0 spiro atoms. The summed E-state index contributed by atoms with van der Waals surface area (Å²) >= 11 is 1.72. The Balaban J connectivity index is 2.58. The summed E-state index contributed by atoms with van der Waals surface area (Å²) in [5.41, 5.74) is 3.84. The van der Waals surface area contributed by atoms with Crippen molar-refractivity contribution >= 4 is 17.3 Å². The first-order chi connectivity index (χ1) is 7.13. The smallest absolute Gasteiger partial charge is 0.206 e. The maximum Gasteiger partial charge on any atom is 0.206 e. The van der Waals surface area contributed by atoms with Crippen molar-refractivity contribution in [3.05, 3.63) is 21.9 Å². The number of hydrogen-bond donors (Lipinski definition) is 3. The number of hydrogen-bond acceptors (Lipinski definition) is 3. The molecule has 4 nitrogen and oxygen atoms in total. The Labute approximate surface area is 94.6 Å². The van der Waals surface area contributed by atoms with Gasteiger partial charge in [0.2, 0.25) is 5.96 Å². The van der Waals surface area contributed by atoms with Gasteiger partial charge in [-0.05, 0) is 37.8 Å². The molecule has 0 fully saturated rings. The Hall–Kier alpha value is -1.07. The van der Waals surface area contributed by atoms with Crippen LogP contribution in [0.1, 0.15) is 24.3 Å². The summed E-state index contributed by atoms with van der Waals surface area (Å²) in [6.45, 7) is 6.85. The van der Waals surface area contributed by atoms with Gasteiger partial charge in [0.1, 0.15) is 0 Å². The van der Waals surface area contributed by atoms with E-state index >= 15 is 0 Å². The van der Waals surface area contributed by atoms with E-state index in [1.165, 1.54) is 10.4 Å². The molecule has 1 aromatic rings. The second kappa shape index (κ2) is 5.72. The van der Waals surface area contributed by atoms with Gasteiger partial charge < -0.3 is 5.32 Å². The second-order valence-electron chi connectivity index (χ2n) is 3.63. The summed E-state index contributed by atoms with van der Waals surface area (Å²) in [5, 5.41) is 5.20. The van der Waals surface area contributed by atoms with Gasteiger partial charge in [0.05, 0.1) is 6.54 Å². The van der Waals surface area contributed by atoms with Crippen LogP contribution in [0, 0.1) is 6.92 Å². The molecule has 0 aliphatic carbocycles. The Kier molecular flexibility index (Phi) is 4.58. The highest BCUT2D eigenvalue weighted by molar-refractivity contribution is 7.10. The lowest BCUT2D eigenvalue weighted by molar-refractivity contribution is 0.702. The third kappa shape index (κ3) is 3.89. The molecule has 0 aliphatic rings. The lowest BCUT2D eigenvalue weighted by Crippen LogP contribution is -2.44. The highest BCUT2D eigenvalue weighted by atomic mass is 32.1. The van der Waals surface area contributed by atoms with E-state index in [2.05, 4.69) is 34.1 Å². The number of guanidine groups is 1. The second-order valence-corrected chi connectivity index (χ2v) is 4.64. The van der Waals surface area contributed by atoms with Crippen LogP contribution in [0.4, 0.5) is 0 Å². The van der Waals surface area contributed by atoms with Crippen molar-refractivity contribution < 1.29 is 0 Å². The molecular weight excluding hydrogens is 208 g/mol. The first kappa shape index (κ1) is 12.0.